The molecule has 2 rings (SSSR count). The molecular formula is C14H20Cl2N2OS. The number of hydrogen-bond acceptors (Lipinski definition) is 3. The highest BCUT2D eigenvalue weighted by Gasteiger charge is 2.16. The summed E-state index contributed by atoms with van der Waals surface area (Å²) in [7, 11) is 0. The summed E-state index contributed by atoms with van der Waals surface area (Å²) in [6.45, 7) is 6.40. The summed E-state index contributed by atoms with van der Waals surface area (Å²) in [5.41, 5.74) is 0.480. The van der Waals surface area contributed by atoms with Gasteiger partial charge in [0, 0.05) is 6.54 Å². The fourth-order valence-corrected chi connectivity index (χ4v) is 3.84. The molecule has 1 aromatic rings. The minimum Gasteiger partial charge on any atom is -0.352 e. The van der Waals surface area contributed by atoms with Gasteiger partial charge in [-0.05, 0) is 50.9 Å². The van der Waals surface area contributed by atoms with Crippen molar-refractivity contribution in [1.29, 1.82) is 0 Å². The molecule has 0 spiro atoms. The molecule has 112 valence electrons. The summed E-state index contributed by atoms with van der Waals surface area (Å²) in [4.78, 5) is 14.4. The Morgan fingerprint density at radius 3 is 2.75 bits per heavy atom. The molecule has 0 radical (unpaired) electrons. The molecule has 3 nitrogen and oxygen atoms in total. The standard InChI is InChI=1S/C14H20Cl2N2OS/c1-10-3-7-18(8-4-10)6-2-5-17-14(19)11-9-12(15)20-13(11)16/h9-10H,2-8H2,1H3,(H,17,19). The Morgan fingerprint density at radius 2 is 2.15 bits per heavy atom. The summed E-state index contributed by atoms with van der Waals surface area (Å²) in [6, 6.07) is 1.62. The van der Waals surface area contributed by atoms with Crippen molar-refractivity contribution in [3.8, 4) is 0 Å². The lowest BCUT2D eigenvalue weighted by Crippen LogP contribution is -2.35. The van der Waals surface area contributed by atoms with Crippen LogP contribution in [0.1, 0.15) is 36.5 Å². The molecule has 0 aromatic carbocycles. The Balaban J connectivity index is 1.66. The van der Waals surface area contributed by atoms with Crippen LogP contribution in [-0.2, 0) is 0 Å². The first-order chi connectivity index (χ1) is 9.56. The van der Waals surface area contributed by atoms with Crippen LogP contribution in [0.5, 0.6) is 0 Å². The van der Waals surface area contributed by atoms with Crippen LogP contribution in [0, 0.1) is 5.92 Å². The number of rotatable bonds is 5. The second-order valence-electron chi connectivity index (χ2n) is 5.37. The van der Waals surface area contributed by atoms with E-state index < -0.39 is 0 Å². The van der Waals surface area contributed by atoms with Crippen LogP contribution in [0.2, 0.25) is 8.67 Å². The van der Waals surface area contributed by atoms with Gasteiger partial charge in [0.15, 0.2) is 0 Å². The molecule has 1 amide bonds. The SMILES string of the molecule is CC1CCN(CCCNC(=O)c2cc(Cl)sc2Cl)CC1. The number of piperidine rings is 1. The molecule has 1 aliphatic rings. The van der Waals surface area contributed by atoms with E-state index in [9.17, 15) is 4.79 Å². The van der Waals surface area contributed by atoms with Crippen molar-refractivity contribution in [3.63, 3.8) is 0 Å². The van der Waals surface area contributed by atoms with Gasteiger partial charge in [-0.25, -0.2) is 0 Å². The molecule has 6 heteroatoms. The highest BCUT2D eigenvalue weighted by atomic mass is 35.5. The number of nitrogens with one attached hydrogen (secondary N) is 1. The highest BCUT2D eigenvalue weighted by molar-refractivity contribution is 7.20. The predicted octanol–water partition coefficient (Wildman–Crippen LogP) is 3.91. The quantitative estimate of drug-likeness (QED) is 0.828. The highest BCUT2D eigenvalue weighted by Crippen LogP contribution is 2.30. The number of hydrogen-bond donors (Lipinski definition) is 1. The van der Waals surface area contributed by atoms with Crippen molar-refractivity contribution in [2.24, 2.45) is 5.92 Å². The monoisotopic (exact) mass is 334 g/mol. The normalized spacial score (nSPS) is 17.4. The predicted molar refractivity (Wildman–Crippen MR) is 86.1 cm³/mol. The zero-order valence-electron chi connectivity index (χ0n) is 11.6. The zero-order valence-corrected chi connectivity index (χ0v) is 14.0. The minimum atomic E-state index is -0.134. The van der Waals surface area contributed by atoms with Crippen LogP contribution in [0.15, 0.2) is 6.07 Å². The third-order valence-corrected chi connectivity index (χ3v) is 5.20. The first-order valence-corrected chi connectivity index (χ1v) is 8.59. The summed E-state index contributed by atoms with van der Waals surface area (Å²) in [5.74, 6) is 0.724. The minimum absolute atomic E-state index is 0.134. The molecule has 0 bridgehead atoms. The number of nitrogens with zero attached hydrogens (tertiary/aromatic N) is 1. The van der Waals surface area contributed by atoms with Crippen LogP contribution < -0.4 is 5.32 Å². The van der Waals surface area contributed by atoms with E-state index in [0.29, 0.717) is 20.8 Å². The fourth-order valence-electron chi connectivity index (χ4n) is 2.38. The summed E-state index contributed by atoms with van der Waals surface area (Å²) < 4.78 is 1.00. The van der Waals surface area contributed by atoms with Gasteiger partial charge in [0.05, 0.1) is 9.90 Å². The van der Waals surface area contributed by atoms with E-state index in [1.807, 2.05) is 0 Å². The van der Waals surface area contributed by atoms with Gasteiger partial charge in [-0.15, -0.1) is 11.3 Å². The van der Waals surface area contributed by atoms with Crippen molar-refractivity contribution >= 4 is 40.4 Å². The van der Waals surface area contributed by atoms with Gasteiger partial charge in [0.2, 0.25) is 0 Å². The van der Waals surface area contributed by atoms with Crippen molar-refractivity contribution in [1.82, 2.24) is 10.2 Å². The van der Waals surface area contributed by atoms with Crippen molar-refractivity contribution in [2.45, 2.75) is 26.2 Å². The summed E-state index contributed by atoms with van der Waals surface area (Å²) in [6.07, 6.45) is 3.54. The maximum absolute atomic E-state index is 11.9. The zero-order chi connectivity index (χ0) is 14.5. The number of carbonyl (C=O) groups is 1. The lowest BCUT2D eigenvalue weighted by molar-refractivity contribution is 0.0951. The largest absolute Gasteiger partial charge is 0.352 e. The van der Waals surface area contributed by atoms with Gasteiger partial charge in [0.1, 0.15) is 4.34 Å². The third kappa shape index (κ3) is 4.62. The summed E-state index contributed by atoms with van der Waals surface area (Å²) in [5, 5.41) is 2.90. The van der Waals surface area contributed by atoms with Crippen LogP contribution in [0.3, 0.4) is 0 Å². The molecule has 0 atom stereocenters. The van der Waals surface area contributed by atoms with E-state index in [1.54, 1.807) is 6.07 Å². The molecule has 1 fully saturated rings. The maximum Gasteiger partial charge on any atom is 0.253 e. The average Bonchev–Trinajstić information content (AvgIpc) is 2.75. The molecule has 1 aliphatic heterocycles. The molecule has 0 saturated carbocycles. The van der Waals surface area contributed by atoms with Gasteiger partial charge < -0.3 is 10.2 Å². The van der Waals surface area contributed by atoms with E-state index in [1.165, 1.54) is 37.3 Å². The van der Waals surface area contributed by atoms with Crippen LogP contribution in [0.4, 0.5) is 0 Å². The van der Waals surface area contributed by atoms with E-state index in [0.717, 1.165) is 18.9 Å². The second-order valence-corrected chi connectivity index (χ2v) is 7.66. The smallest absolute Gasteiger partial charge is 0.253 e. The Morgan fingerprint density at radius 1 is 1.45 bits per heavy atom. The van der Waals surface area contributed by atoms with Crippen molar-refractivity contribution in [2.75, 3.05) is 26.2 Å². The number of halogens is 2. The first kappa shape index (κ1) is 16.1. The number of carbonyl (C=O) groups excluding carboxylic acids is 1. The Labute approximate surface area is 134 Å². The topological polar surface area (TPSA) is 32.3 Å². The number of thiophene rings is 1. The molecule has 1 N–H and O–H groups in total. The fraction of sp³-hybridized carbons (Fsp3) is 0.643. The van der Waals surface area contributed by atoms with E-state index >= 15 is 0 Å². The first-order valence-electron chi connectivity index (χ1n) is 7.01. The number of likely N-dealkylation sites (tertiary alicyclic amines) is 1. The lowest BCUT2D eigenvalue weighted by Gasteiger charge is -2.30. The third-order valence-electron chi connectivity index (χ3n) is 3.71. The van der Waals surface area contributed by atoms with Crippen LogP contribution >= 0.6 is 34.5 Å². The lowest BCUT2D eigenvalue weighted by atomic mass is 9.99. The van der Waals surface area contributed by atoms with Gasteiger partial charge >= 0.3 is 0 Å². The number of amides is 1. The van der Waals surface area contributed by atoms with Gasteiger partial charge in [-0.1, -0.05) is 30.1 Å². The second kappa shape index (κ2) is 7.64. The molecule has 2 heterocycles. The molecular weight excluding hydrogens is 315 g/mol. The van der Waals surface area contributed by atoms with E-state index in [-0.39, 0.29) is 5.91 Å². The molecule has 0 aliphatic carbocycles. The van der Waals surface area contributed by atoms with Crippen molar-refractivity contribution < 1.29 is 4.79 Å². The Hall–Kier alpha value is -0.290. The van der Waals surface area contributed by atoms with Gasteiger partial charge in [0.25, 0.3) is 5.91 Å². The Kier molecular flexibility index (Phi) is 6.15. The van der Waals surface area contributed by atoms with Gasteiger partial charge in [-0.2, -0.15) is 0 Å². The van der Waals surface area contributed by atoms with Crippen molar-refractivity contribution in [3.05, 3.63) is 20.3 Å². The Bertz CT molecular complexity index is 456. The molecule has 1 saturated heterocycles. The maximum atomic E-state index is 11.9. The van der Waals surface area contributed by atoms with Crippen LogP contribution in [-0.4, -0.2) is 37.0 Å². The van der Waals surface area contributed by atoms with Crippen LogP contribution in [0.25, 0.3) is 0 Å². The van der Waals surface area contributed by atoms with Gasteiger partial charge in [-0.3, -0.25) is 4.79 Å². The molecule has 20 heavy (non-hydrogen) atoms. The molecule has 1 aromatic heterocycles. The average molecular weight is 335 g/mol. The summed E-state index contributed by atoms with van der Waals surface area (Å²) >= 11 is 13.0. The molecule has 0 unspecified atom stereocenters. The van der Waals surface area contributed by atoms with E-state index in [4.69, 9.17) is 23.2 Å². The van der Waals surface area contributed by atoms with E-state index in [2.05, 4.69) is 17.1 Å².